The van der Waals surface area contributed by atoms with Gasteiger partial charge in [-0.2, -0.15) is 0 Å². The van der Waals surface area contributed by atoms with Crippen molar-refractivity contribution in [2.45, 2.75) is 26.7 Å². The summed E-state index contributed by atoms with van der Waals surface area (Å²) >= 11 is 0. The molecule has 2 N–H and O–H groups in total. The van der Waals surface area contributed by atoms with Crippen molar-refractivity contribution in [1.82, 2.24) is 10.2 Å². The molecule has 1 saturated heterocycles. The quantitative estimate of drug-likeness (QED) is 0.886. The van der Waals surface area contributed by atoms with Crippen LogP contribution < -0.4 is 5.32 Å². The summed E-state index contributed by atoms with van der Waals surface area (Å²) in [5, 5.41) is 13.1. The average Bonchev–Trinajstić information content (AvgIpc) is 2.48. The molecular formula is C16H24N2O2. The van der Waals surface area contributed by atoms with Crippen molar-refractivity contribution in [1.29, 1.82) is 0 Å². The first-order chi connectivity index (χ1) is 9.63. The second-order valence-electron chi connectivity index (χ2n) is 5.51. The van der Waals surface area contributed by atoms with Crippen LogP contribution in [-0.2, 0) is 0 Å². The standard InChI is InChI=1S/C16H24N2O2/c1-3-18(11-13-6-5-9-17-10-13)16(20)14-7-4-8-15(19)12(14)2/h4,7-8,13,17,19H,3,5-6,9-11H2,1-2H3. The van der Waals surface area contributed by atoms with Crippen LogP contribution in [0.1, 0.15) is 35.7 Å². The van der Waals surface area contributed by atoms with Gasteiger partial charge < -0.3 is 15.3 Å². The number of hydrogen-bond donors (Lipinski definition) is 2. The first kappa shape index (κ1) is 14.9. The number of carbonyl (C=O) groups excluding carboxylic acids is 1. The van der Waals surface area contributed by atoms with E-state index in [2.05, 4.69) is 5.32 Å². The highest BCUT2D eigenvalue weighted by Gasteiger charge is 2.22. The summed E-state index contributed by atoms with van der Waals surface area (Å²) in [7, 11) is 0. The highest BCUT2D eigenvalue weighted by Crippen LogP contribution is 2.22. The Kier molecular flexibility index (Phi) is 5.01. The monoisotopic (exact) mass is 276 g/mol. The highest BCUT2D eigenvalue weighted by atomic mass is 16.3. The van der Waals surface area contributed by atoms with Crippen LogP contribution in [0, 0.1) is 12.8 Å². The number of nitrogens with one attached hydrogen (secondary N) is 1. The number of carbonyl (C=O) groups is 1. The lowest BCUT2D eigenvalue weighted by atomic mass is 9.98. The smallest absolute Gasteiger partial charge is 0.254 e. The molecule has 1 heterocycles. The van der Waals surface area contributed by atoms with E-state index in [1.54, 1.807) is 25.1 Å². The van der Waals surface area contributed by atoms with E-state index in [0.29, 0.717) is 23.6 Å². The first-order valence-corrected chi connectivity index (χ1v) is 7.42. The molecular weight excluding hydrogens is 252 g/mol. The van der Waals surface area contributed by atoms with Crippen molar-refractivity contribution in [3.8, 4) is 5.75 Å². The number of phenols is 1. The zero-order valence-corrected chi connectivity index (χ0v) is 12.4. The third-order valence-corrected chi connectivity index (χ3v) is 4.08. The first-order valence-electron chi connectivity index (χ1n) is 7.42. The zero-order valence-electron chi connectivity index (χ0n) is 12.4. The number of amides is 1. The van der Waals surface area contributed by atoms with Crippen LogP contribution in [0.5, 0.6) is 5.75 Å². The summed E-state index contributed by atoms with van der Waals surface area (Å²) in [6.07, 6.45) is 2.36. The lowest BCUT2D eigenvalue weighted by Gasteiger charge is -2.30. The fourth-order valence-corrected chi connectivity index (χ4v) is 2.77. The average molecular weight is 276 g/mol. The maximum absolute atomic E-state index is 12.6. The summed E-state index contributed by atoms with van der Waals surface area (Å²) in [6, 6.07) is 5.14. The van der Waals surface area contributed by atoms with Crippen LogP contribution in [0.3, 0.4) is 0 Å². The summed E-state index contributed by atoms with van der Waals surface area (Å²) < 4.78 is 0. The van der Waals surface area contributed by atoms with Gasteiger partial charge in [0.2, 0.25) is 0 Å². The van der Waals surface area contributed by atoms with E-state index in [9.17, 15) is 9.90 Å². The molecule has 20 heavy (non-hydrogen) atoms. The van der Waals surface area contributed by atoms with Crippen molar-refractivity contribution < 1.29 is 9.90 Å². The van der Waals surface area contributed by atoms with E-state index in [-0.39, 0.29) is 11.7 Å². The topological polar surface area (TPSA) is 52.6 Å². The highest BCUT2D eigenvalue weighted by molar-refractivity contribution is 5.96. The number of piperidine rings is 1. The van der Waals surface area contributed by atoms with Gasteiger partial charge in [0.1, 0.15) is 5.75 Å². The van der Waals surface area contributed by atoms with Gasteiger partial charge in [-0.05, 0) is 57.8 Å². The van der Waals surface area contributed by atoms with Crippen molar-refractivity contribution in [3.05, 3.63) is 29.3 Å². The van der Waals surface area contributed by atoms with Crippen LogP contribution in [0.4, 0.5) is 0 Å². The Morgan fingerprint density at radius 1 is 1.50 bits per heavy atom. The number of phenolic OH excluding ortho intramolecular Hbond substituents is 1. The Hall–Kier alpha value is -1.55. The second-order valence-corrected chi connectivity index (χ2v) is 5.51. The molecule has 4 nitrogen and oxygen atoms in total. The van der Waals surface area contributed by atoms with E-state index in [1.165, 1.54) is 12.8 Å². The molecule has 1 aromatic carbocycles. The summed E-state index contributed by atoms with van der Waals surface area (Å²) in [5.41, 5.74) is 1.27. The van der Waals surface area contributed by atoms with Crippen LogP contribution in [-0.4, -0.2) is 42.1 Å². The molecule has 1 amide bonds. The minimum absolute atomic E-state index is 0.0199. The van der Waals surface area contributed by atoms with Crippen LogP contribution in [0.25, 0.3) is 0 Å². The molecule has 0 spiro atoms. The molecule has 4 heteroatoms. The summed E-state index contributed by atoms with van der Waals surface area (Å²) in [4.78, 5) is 14.5. The molecule has 0 aliphatic carbocycles. The van der Waals surface area contributed by atoms with Gasteiger partial charge in [0.25, 0.3) is 5.91 Å². The second kappa shape index (κ2) is 6.75. The van der Waals surface area contributed by atoms with Crippen molar-refractivity contribution in [2.75, 3.05) is 26.2 Å². The van der Waals surface area contributed by atoms with Gasteiger partial charge in [0.15, 0.2) is 0 Å². The van der Waals surface area contributed by atoms with Crippen LogP contribution >= 0.6 is 0 Å². The molecule has 2 rings (SSSR count). The molecule has 110 valence electrons. The molecule has 0 saturated carbocycles. The normalized spacial score (nSPS) is 18.8. The molecule has 0 radical (unpaired) electrons. The molecule has 1 fully saturated rings. The van der Waals surface area contributed by atoms with E-state index >= 15 is 0 Å². The Labute approximate surface area is 120 Å². The molecule has 1 aliphatic heterocycles. The molecule has 0 aromatic heterocycles. The van der Waals surface area contributed by atoms with Gasteiger partial charge in [-0.1, -0.05) is 6.07 Å². The number of rotatable bonds is 4. The predicted octanol–water partition coefficient (Wildman–Crippen LogP) is 2.16. The van der Waals surface area contributed by atoms with Gasteiger partial charge in [0.05, 0.1) is 0 Å². The van der Waals surface area contributed by atoms with Gasteiger partial charge >= 0.3 is 0 Å². The van der Waals surface area contributed by atoms with E-state index < -0.39 is 0 Å². The molecule has 1 atom stereocenters. The van der Waals surface area contributed by atoms with E-state index in [0.717, 1.165) is 19.6 Å². The number of aromatic hydroxyl groups is 1. The van der Waals surface area contributed by atoms with Crippen LogP contribution in [0.2, 0.25) is 0 Å². The van der Waals surface area contributed by atoms with E-state index in [4.69, 9.17) is 0 Å². The largest absolute Gasteiger partial charge is 0.508 e. The molecule has 1 unspecified atom stereocenters. The summed E-state index contributed by atoms with van der Waals surface area (Å²) in [5.74, 6) is 0.739. The Bertz CT molecular complexity index is 468. The van der Waals surface area contributed by atoms with Gasteiger partial charge in [-0.15, -0.1) is 0 Å². The zero-order chi connectivity index (χ0) is 14.5. The lowest BCUT2D eigenvalue weighted by molar-refractivity contribution is 0.0728. The third kappa shape index (κ3) is 3.31. The third-order valence-electron chi connectivity index (χ3n) is 4.08. The maximum Gasteiger partial charge on any atom is 0.254 e. The predicted molar refractivity (Wildman–Crippen MR) is 80.0 cm³/mol. The van der Waals surface area contributed by atoms with Gasteiger partial charge in [0, 0.05) is 24.2 Å². The maximum atomic E-state index is 12.6. The van der Waals surface area contributed by atoms with Gasteiger partial charge in [-0.25, -0.2) is 0 Å². The minimum atomic E-state index is 0.0199. The number of nitrogens with zero attached hydrogens (tertiary/aromatic N) is 1. The van der Waals surface area contributed by atoms with Gasteiger partial charge in [-0.3, -0.25) is 4.79 Å². The SMILES string of the molecule is CCN(CC1CCCNC1)C(=O)c1cccc(O)c1C. The minimum Gasteiger partial charge on any atom is -0.508 e. The molecule has 0 bridgehead atoms. The van der Waals surface area contributed by atoms with E-state index in [1.807, 2.05) is 11.8 Å². The fraction of sp³-hybridized carbons (Fsp3) is 0.562. The lowest BCUT2D eigenvalue weighted by Crippen LogP contribution is -2.41. The number of benzene rings is 1. The molecule has 1 aromatic rings. The fourth-order valence-electron chi connectivity index (χ4n) is 2.77. The Balaban J connectivity index is 2.10. The van der Waals surface area contributed by atoms with Crippen molar-refractivity contribution in [2.24, 2.45) is 5.92 Å². The van der Waals surface area contributed by atoms with Crippen molar-refractivity contribution >= 4 is 5.91 Å². The van der Waals surface area contributed by atoms with Crippen LogP contribution in [0.15, 0.2) is 18.2 Å². The summed E-state index contributed by atoms with van der Waals surface area (Å²) in [6.45, 7) is 7.36. The Morgan fingerprint density at radius 2 is 2.30 bits per heavy atom. The Morgan fingerprint density at radius 3 is 2.95 bits per heavy atom. The number of hydrogen-bond acceptors (Lipinski definition) is 3. The van der Waals surface area contributed by atoms with Crippen molar-refractivity contribution in [3.63, 3.8) is 0 Å². The molecule has 1 aliphatic rings.